The van der Waals surface area contributed by atoms with Crippen molar-refractivity contribution >= 4 is 5.91 Å². The van der Waals surface area contributed by atoms with E-state index < -0.39 is 23.6 Å². The molecule has 0 spiro atoms. The number of carbonyl (C=O) groups is 1. The van der Waals surface area contributed by atoms with Gasteiger partial charge in [0.15, 0.2) is 17.4 Å². The second kappa shape index (κ2) is 7.27. The molecule has 0 radical (unpaired) electrons. The van der Waals surface area contributed by atoms with E-state index in [9.17, 15) is 18.7 Å². The van der Waals surface area contributed by atoms with Crippen LogP contribution in [0.1, 0.15) is 22.2 Å². The smallest absolute Gasteiger partial charge is 0.287 e. The summed E-state index contributed by atoms with van der Waals surface area (Å²) in [7, 11) is 0. The van der Waals surface area contributed by atoms with Crippen molar-refractivity contribution in [1.29, 1.82) is 0 Å². The number of aliphatic hydroxyl groups is 1. The first kappa shape index (κ1) is 16.9. The zero-order valence-electron chi connectivity index (χ0n) is 13.1. The number of carbonyl (C=O) groups excluding carboxylic acids is 1. The molecule has 3 rings (SSSR count). The van der Waals surface area contributed by atoms with Crippen molar-refractivity contribution in [3.63, 3.8) is 0 Å². The van der Waals surface area contributed by atoms with Crippen LogP contribution < -0.4 is 5.32 Å². The topological polar surface area (TPSA) is 62.5 Å². The fraction of sp³-hybridized carbons (Fsp3) is 0.105. The van der Waals surface area contributed by atoms with Crippen LogP contribution in [0.25, 0.3) is 11.1 Å². The Kier molecular flexibility index (Phi) is 4.90. The second-order valence-corrected chi connectivity index (χ2v) is 5.43. The molecule has 6 heteroatoms. The van der Waals surface area contributed by atoms with E-state index in [4.69, 9.17) is 4.42 Å². The van der Waals surface area contributed by atoms with Crippen LogP contribution in [0.2, 0.25) is 0 Å². The van der Waals surface area contributed by atoms with Gasteiger partial charge in [0.25, 0.3) is 5.91 Å². The van der Waals surface area contributed by atoms with Gasteiger partial charge in [-0.3, -0.25) is 4.79 Å². The van der Waals surface area contributed by atoms with Gasteiger partial charge in [-0.1, -0.05) is 36.4 Å². The Morgan fingerprint density at radius 1 is 1.08 bits per heavy atom. The molecule has 1 atom stereocenters. The highest BCUT2D eigenvalue weighted by Crippen LogP contribution is 2.24. The first-order chi connectivity index (χ1) is 12.1. The predicted molar refractivity (Wildman–Crippen MR) is 87.8 cm³/mol. The molecule has 0 fully saturated rings. The zero-order chi connectivity index (χ0) is 17.8. The Balaban J connectivity index is 1.69. The largest absolute Gasteiger partial charge is 0.459 e. The number of benzene rings is 2. The van der Waals surface area contributed by atoms with Crippen LogP contribution in [-0.4, -0.2) is 17.6 Å². The van der Waals surface area contributed by atoms with E-state index in [0.29, 0.717) is 5.56 Å². The van der Waals surface area contributed by atoms with Crippen LogP contribution in [0, 0.1) is 11.6 Å². The Morgan fingerprint density at radius 3 is 2.56 bits per heavy atom. The van der Waals surface area contributed by atoms with E-state index in [1.54, 1.807) is 6.07 Å². The number of aliphatic hydroxyl groups excluding tert-OH is 1. The fourth-order valence-corrected chi connectivity index (χ4v) is 2.44. The molecular weight excluding hydrogens is 328 g/mol. The molecule has 0 saturated heterocycles. The average Bonchev–Trinajstić information content (AvgIpc) is 3.12. The van der Waals surface area contributed by atoms with Crippen molar-refractivity contribution < 1.29 is 23.1 Å². The van der Waals surface area contributed by atoms with Crippen molar-refractivity contribution in [3.05, 3.63) is 83.8 Å². The van der Waals surface area contributed by atoms with Crippen molar-refractivity contribution in [3.8, 4) is 11.1 Å². The van der Waals surface area contributed by atoms with Crippen LogP contribution in [0.15, 0.2) is 65.3 Å². The van der Waals surface area contributed by atoms with Crippen LogP contribution in [0.4, 0.5) is 8.78 Å². The third-order valence-electron chi connectivity index (χ3n) is 3.74. The van der Waals surface area contributed by atoms with Crippen LogP contribution in [0.5, 0.6) is 0 Å². The molecular formula is C19H15F2NO3. The molecule has 128 valence electrons. The molecule has 1 amide bonds. The zero-order valence-corrected chi connectivity index (χ0v) is 13.1. The van der Waals surface area contributed by atoms with Gasteiger partial charge in [0.05, 0.1) is 12.4 Å². The molecule has 1 heterocycles. The lowest BCUT2D eigenvalue weighted by atomic mass is 10.1. The molecule has 0 aliphatic rings. The van der Waals surface area contributed by atoms with E-state index in [1.165, 1.54) is 12.3 Å². The first-order valence-electron chi connectivity index (χ1n) is 7.60. The van der Waals surface area contributed by atoms with Crippen molar-refractivity contribution in [2.75, 3.05) is 6.54 Å². The molecule has 1 aromatic heterocycles. The summed E-state index contributed by atoms with van der Waals surface area (Å²) in [5.41, 5.74) is 1.62. The minimum Gasteiger partial charge on any atom is -0.459 e. The average molecular weight is 343 g/mol. The predicted octanol–water partition coefficient (Wildman–Crippen LogP) is 3.69. The summed E-state index contributed by atoms with van der Waals surface area (Å²) in [4.78, 5) is 12.3. The van der Waals surface area contributed by atoms with Gasteiger partial charge < -0.3 is 14.8 Å². The third kappa shape index (κ3) is 3.75. The number of rotatable bonds is 5. The van der Waals surface area contributed by atoms with E-state index in [1.807, 2.05) is 30.3 Å². The number of furan rings is 1. The van der Waals surface area contributed by atoms with Gasteiger partial charge in [-0.15, -0.1) is 0 Å². The van der Waals surface area contributed by atoms with Crippen LogP contribution >= 0.6 is 0 Å². The summed E-state index contributed by atoms with van der Waals surface area (Å²) in [6.45, 7) is -0.168. The first-order valence-corrected chi connectivity index (χ1v) is 7.60. The van der Waals surface area contributed by atoms with Gasteiger partial charge in [-0.25, -0.2) is 8.78 Å². The van der Waals surface area contributed by atoms with E-state index in [0.717, 1.165) is 17.7 Å². The highest BCUT2D eigenvalue weighted by molar-refractivity contribution is 5.98. The summed E-state index contributed by atoms with van der Waals surface area (Å²) in [6, 6.07) is 14.0. The molecule has 2 N–H and O–H groups in total. The highest BCUT2D eigenvalue weighted by atomic mass is 19.2. The third-order valence-corrected chi connectivity index (χ3v) is 3.74. The lowest BCUT2D eigenvalue weighted by molar-refractivity contribution is 0.0889. The number of hydrogen-bond acceptors (Lipinski definition) is 3. The van der Waals surface area contributed by atoms with Crippen molar-refractivity contribution in [2.45, 2.75) is 6.10 Å². The summed E-state index contributed by atoms with van der Waals surface area (Å²) in [6.07, 6.45) is 0.234. The summed E-state index contributed by atoms with van der Waals surface area (Å²) in [5, 5.41) is 12.6. The molecule has 0 aliphatic carbocycles. The number of amides is 1. The lowest BCUT2D eigenvalue weighted by Gasteiger charge is -2.12. The second-order valence-electron chi connectivity index (χ2n) is 5.43. The summed E-state index contributed by atoms with van der Waals surface area (Å²) in [5.74, 6) is -2.45. The molecule has 0 aliphatic heterocycles. The van der Waals surface area contributed by atoms with Crippen molar-refractivity contribution in [1.82, 2.24) is 5.32 Å². The minimum absolute atomic E-state index is 0.115. The molecule has 2 aromatic carbocycles. The Bertz CT molecular complexity index is 877. The number of hydrogen-bond donors (Lipinski definition) is 2. The Labute approximate surface area is 142 Å². The standard InChI is InChI=1S/C19H15F2NO3/c20-15-7-6-13(10-16(15)21)17(23)11-22-19(24)18-14(8-9-25-18)12-4-2-1-3-5-12/h1-10,17,23H,11H2,(H,22,24). The molecule has 0 saturated carbocycles. The molecule has 1 unspecified atom stereocenters. The maximum absolute atomic E-state index is 13.2. The maximum Gasteiger partial charge on any atom is 0.287 e. The van der Waals surface area contributed by atoms with Gasteiger partial charge in [0.2, 0.25) is 0 Å². The Hall–Kier alpha value is -2.99. The summed E-state index contributed by atoms with van der Waals surface area (Å²) >= 11 is 0. The monoisotopic (exact) mass is 343 g/mol. The van der Waals surface area contributed by atoms with Gasteiger partial charge in [0, 0.05) is 12.1 Å². The molecule has 3 aromatic rings. The summed E-state index contributed by atoms with van der Waals surface area (Å²) < 4.78 is 31.4. The van der Waals surface area contributed by atoms with Gasteiger partial charge in [0.1, 0.15) is 0 Å². The Morgan fingerprint density at radius 2 is 1.84 bits per heavy atom. The fourth-order valence-electron chi connectivity index (χ4n) is 2.44. The van der Waals surface area contributed by atoms with E-state index in [-0.39, 0.29) is 17.9 Å². The SMILES string of the molecule is O=C(NCC(O)c1ccc(F)c(F)c1)c1occc1-c1ccccc1. The van der Waals surface area contributed by atoms with Gasteiger partial charge in [-0.05, 0) is 29.3 Å². The van der Waals surface area contributed by atoms with E-state index in [2.05, 4.69) is 5.32 Å². The molecule has 4 nitrogen and oxygen atoms in total. The quantitative estimate of drug-likeness (QED) is 0.743. The number of nitrogens with one attached hydrogen (secondary N) is 1. The van der Waals surface area contributed by atoms with Gasteiger partial charge in [-0.2, -0.15) is 0 Å². The lowest BCUT2D eigenvalue weighted by Crippen LogP contribution is -2.28. The minimum atomic E-state index is -1.17. The van der Waals surface area contributed by atoms with Crippen LogP contribution in [0.3, 0.4) is 0 Å². The molecule has 25 heavy (non-hydrogen) atoms. The number of halogens is 2. The highest BCUT2D eigenvalue weighted by Gasteiger charge is 2.18. The van der Waals surface area contributed by atoms with E-state index >= 15 is 0 Å². The van der Waals surface area contributed by atoms with Crippen LogP contribution in [-0.2, 0) is 0 Å². The molecule has 0 bridgehead atoms. The normalized spacial score (nSPS) is 12.0. The van der Waals surface area contributed by atoms with Crippen molar-refractivity contribution in [2.24, 2.45) is 0 Å². The maximum atomic E-state index is 13.2. The van der Waals surface area contributed by atoms with Gasteiger partial charge >= 0.3 is 0 Å².